The molecule has 1 atom stereocenters. The lowest BCUT2D eigenvalue weighted by Gasteiger charge is -2.06. The van der Waals surface area contributed by atoms with Gasteiger partial charge in [-0.15, -0.1) is 6.58 Å². The Morgan fingerprint density at radius 1 is 1.55 bits per heavy atom. The largest absolute Gasteiger partial charge is 0.299 e. The van der Waals surface area contributed by atoms with Gasteiger partial charge in [0.15, 0.2) is 0 Å². The van der Waals surface area contributed by atoms with E-state index in [0.29, 0.717) is 0 Å². The molecule has 0 amide bonds. The predicted molar refractivity (Wildman–Crippen MR) is 48.4 cm³/mol. The van der Waals surface area contributed by atoms with Crippen LogP contribution in [0.15, 0.2) is 24.3 Å². The highest BCUT2D eigenvalue weighted by molar-refractivity contribution is 5.80. The van der Waals surface area contributed by atoms with Crippen molar-refractivity contribution < 1.29 is 4.79 Å². The first kappa shape index (κ1) is 10.2. The summed E-state index contributed by atoms with van der Waals surface area (Å²) in [4.78, 5) is 10.9. The van der Waals surface area contributed by atoms with E-state index in [1.54, 1.807) is 6.92 Å². The molecule has 62 valence electrons. The van der Waals surface area contributed by atoms with Gasteiger partial charge in [-0.1, -0.05) is 24.6 Å². The minimum atomic E-state index is 0.0648. The molecule has 0 heterocycles. The van der Waals surface area contributed by atoms with Gasteiger partial charge in [-0.2, -0.15) is 0 Å². The lowest BCUT2D eigenvalue weighted by molar-refractivity contribution is -0.119. The fraction of sp³-hybridized carbons (Fsp3) is 0.500. The van der Waals surface area contributed by atoms with E-state index in [2.05, 4.69) is 6.58 Å². The van der Waals surface area contributed by atoms with Crippen molar-refractivity contribution in [3.63, 3.8) is 0 Å². The first-order valence-electron chi connectivity index (χ1n) is 3.87. The van der Waals surface area contributed by atoms with Crippen LogP contribution < -0.4 is 0 Å². The van der Waals surface area contributed by atoms with Crippen molar-refractivity contribution in [2.45, 2.75) is 27.2 Å². The molecule has 0 saturated heterocycles. The lowest BCUT2D eigenvalue weighted by atomic mass is 9.98. The summed E-state index contributed by atoms with van der Waals surface area (Å²) in [6, 6.07) is 0. The first-order valence-corrected chi connectivity index (χ1v) is 3.87. The van der Waals surface area contributed by atoms with Crippen molar-refractivity contribution in [1.29, 1.82) is 0 Å². The van der Waals surface area contributed by atoms with Gasteiger partial charge in [-0.3, -0.25) is 4.79 Å². The number of carbonyl (C=O) groups excluding carboxylic acids is 1. The Balaban J connectivity index is 4.10. The van der Waals surface area contributed by atoms with E-state index in [9.17, 15) is 4.79 Å². The molecular weight excluding hydrogens is 136 g/mol. The fourth-order valence-electron chi connectivity index (χ4n) is 0.767. The molecule has 0 aliphatic carbocycles. The Bertz CT molecular complexity index is 177. The Labute approximate surface area is 68.8 Å². The Hall–Kier alpha value is -0.850. The summed E-state index contributed by atoms with van der Waals surface area (Å²) in [6.07, 6.45) is 4.72. The van der Waals surface area contributed by atoms with Crippen molar-refractivity contribution in [3.8, 4) is 0 Å². The van der Waals surface area contributed by atoms with Crippen molar-refractivity contribution in [2.24, 2.45) is 5.92 Å². The van der Waals surface area contributed by atoms with Crippen molar-refractivity contribution >= 4 is 5.78 Å². The van der Waals surface area contributed by atoms with E-state index in [-0.39, 0.29) is 11.7 Å². The smallest absolute Gasteiger partial charge is 0.136 e. The van der Waals surface area contributed by atoms with Crippen LogP contribution in [0.25, 0.3) is 0 Å². The van der Waals surface area contributed by atoms with E-state index < -0.39 is 0 Å². The van der Waals surface area contributed by atoms with Crippen LogP contribution in [-0.4, -0.2) is 5.78 Å². The van der Waals surface area contributed by atoms with Crippen LogP contribution in [0.3, 0.4) is 0 Å². The van der Waals surface area contributed by atoms with E-state index in [1.165, 1.54) is 0 Å². The average molecular weight is 152 g/mol. The molecule has 1 heteroatoms. The molecule has 0 bridgehead atoms. The molecule has 0 aliphatic heterocycles. The number of rotatable bonds is 4. The maximum atomic E-state index is 10.9. The van der Waals surface area contributed by atoms with Crippen LogP contribution in [0.4, 0.5) is 0 Å². The van der Waals surface area contributed by atoms with Crippen LogP contribution in [-0.2, 0) is 4.79 Å². The maximum absolute atomic E-state index is 10.9. The molecule has 1 nitrogen and oxygen atoms in total. The number of allylic oxidation sites excluding steroid dienone is 3. The normalized spacial score (nSPS) is 14.3. The van der Waals surface area contributed by atoms with Crippen LogP contribution in [0.5, 0.6) is 0 Å². The SMILES string of the molecule is C=CC/C=C(\C)C(C)C(C)=O. The first-order chi connectivity index (χ1) is 5.09. The molecule has 0 radical (unpaired) electrons. The minimum absolute atomic E-state index is 0.0648. The summed E-state index contributed by atoms with van der Waals surface area (Å²) in [6.45, 7) is 9.14. The van der Waals surface area contributed by atoms with Crippen LogP contribution in [0.1, 0.15) is 27.2 Å². The number of ketones is 1. The summed E-state index contributed by atoms with van der Waals surface area (Å²) in [5.74, 6) is 0.290. The number of Topliss-reactive ketones (excluding diaryl/α,β-unsaturated/α-hetero) is 1. The van der Waals surface area contributed by atoms with Gasteiger partial charge < -0.3 is 0 Å². The topological polar surface area (TPSA) is 17.1 Å². The molecule has 0 fully saturated rings. The highest BCUT2D eigenvalue weighted by Crippen LogP contribution is 2.10. The standard InChI is InChI=1S/C10H16O/c1-5-6-7-8(2)9(3)10(4)11/h5,7,9H,1,6H2,2-4H3/b8-7+. The third-order valence-corrected chi connectivity index (χ3v) is 1.90. The van der Waals surface area contributed by atoms with Crippen LogP contribution in [0, 0.1) is 5.92 Å². The van der Waals surface area contributed by atoms with Gasteiger partial charge in [0.05, 0.1) is 0 Å². The summed E-state index contributed by atoms with van der Waals surface area (Å²) >= 11 is 0. The molecule has 11 heavy (non-hydrogen) atoms. The quantitative estimate of drug-likeness (QED) is 0.566. The molecular formula is C10H16O. The van der Waals surface area contributed by atoms with Gasteiger partial charge in [0.2, 0.25) is 0 Å². The molecule has 0 saturated carbocycles. The second-order valence-electron chi connectivity index (χ2n) is 2.80. The summed E-state index contributed by atoms with van der Waals surface area (Å²) in [7, 11) is 0. The van der Waals surface area contributed by atoms with Crippen LogP contribution >= 0.6 is 0 Å². The molecule has 0 aromatic carbocycles. The third-order valence-electron chi connectivity index (χ3n) is 1.90. The van der Waals surface area contributed by atoms with Crippen molar-refractivity contribution in [2.75, 3.05) is 0 Å². The highest BCUT2D eigenvalue weighted by atomic mass is 16.1. The minimum Gasteiger partial charge on any atom is -0.299 e. The zero-order chi connectivity index (χ0) is 8.85. The van der Waals surface area contributed by atoms with Gasteiger partial charge in [0.1, 0.15) is 5.78 Å². The number of carbonyl (C=O) groups is 1. The van der Waals surface area contributed by atoms with Crippen molar-refractivity contribution in [3.05, 3.63) is 24.3 Å². The molecule has 0 N–H and O–H groups in total. The summed E-state index contributed by atoms with van der Waals surface area (Å²) in [5.41, 5.74) is 1.14. The predicted octanol–water partition coefficient (Wildman–Crippen LogP) is 2.73. The molecule has 0 spiro atoms. The van der Waals surface area contributed by atoms with E-state index >= 15 is 0 Å². The Kier molecular flexibility index (Phi) is 4.51. The fourth-order valence-corrected chi connectivity index (χ4v) is 0.767. The molecule has 0 aromatic heterocycles. The maximum Gasteiger partial charge on any atom is 0.136 e. The highest BCUT2D eigenvalue weighted by Gasteiger charge is 2.07. The van der Waals surface area contributed by atoms with Crippen molar-refractivity contribution in [1.82, 2.24) is 0 Å². The Morgan fingerprint density at radius 3 is 2.45 bits per heavy atom. The lowest BCUT2D eigenvalue weighted by Crippen LogP contribution is -2.07. The second-order valence-corrected chi connectivity index (χ2v) is 2.80. The van der Waals surface area contributed by atoms with E-state index in [0.717, 1.165) is 12.0 Å². The molecule has 1 unspecified atom stereocenters. The van der Waals surface area contributed by atoms with E-state index in [4.69, 9.17) is 0 Å². The third kappa shape index (κ3) is 3.76. The van der Waals surface area contributed by atoms with E-state index in [1.807, 2.05) is 26.0 Å². The Morgan fingerprint density at radius 2 is 2.09 bits per heavy atom. The number of hydrogen-bond donors (Lipinski definition) is 0. The number of hydrogen-bond acceptors (Lipinski definition) is 1. The molecule has 0 rings (SSSR count). The average Bonchev–Trinajstić information content (AvgIpc) is 1.98. The summed E-state index contributed by atoms with van der Waals surface area (Å²) in [5, 5.41) is 0. The van der Waals surface area contributed by atoms with Gasteiger partial charge in [-0.05, 0) is 20.3 Å². The monoisotopic (exact) mass is 152 g/mol. The van der Waals surface area contributed by atoms with Gasteiger partial charge >= 0.3 is 0 Å². The van der Waals surface area contributed by atoms with Crippen LogP contribution in [0.2, 0.25) is 0 Å². The second kappa shape index (κ2) is 4.89. The zero-order valence-corrected chi connectivity index (χ0v) is 7.55. The molecule has 0 aliphatic rings. The van der Waals surface area contributed by atoms with Gasteiger partial charge in [0.25, 0.3) is 0 Å². The van der Waals surface area contributed by atoms with Gasteiger partial charge in [-0.25, -0.2) is 0 Å². The summed E-state index contributed by atoms with van der Waals surface area (Å²) < 4.78 is 0. The van der Waals surface area contributed by atoms with Gasteiger partial charge in [0, 0.05) is 5.92 Å². The molecule has 0 aromatic rings. The zero-order valence-electron chi connectivity index (χ0n) is 7.55.